The van der Waals surface area contributed by atoms with E-state index in [-0.39, 0.29) is 11.4 Å². The largest absolute Gasteiger partial charge is 0.444 e. The summed E-state index contributed by atoms with van der Waals surface area (Å²) in [7, 11) is 0. The Morgan fingerprint density at radius 3 is 2.20 bits per heavy atom. The van der Waals surface area contributed by atoms with Gasteiger partial charge in [0, 0.05) is 5.70 Å². The zero-order valence-corrected chi connectivity index (χ0v) is 11.8. The third-order valence-electron chi connectivity index (χ3n) is 1.87. The van der Waals surface area contributed by atoms with Crippen molar-refractivity contribution in [1.82, 2.24) is 5.32 Å². The molecule has 0 atom stereocenters. The second-order valence-corrected chi connectivity index (χ2v) is 4.89. The van der Waals surface area contributed by atoms with E-state index in [0.717, 1.165) is 0 Å². The van der Waals surface area contributed by atoms with Crippen LogP contribution in [0.4, 0.5) is 18.0 Å². The summed E-state index contributed by atoms with van der Waals surface area (Å²) in [5, 5.41) is 2.24. The normalized spacial score (nSPS) is 14.4. The third-order valence-corrected chi connectivity index (χ3v) is 1.87. The van der Waals surface area contributed by atoms with Crippen molar-refractivity contribution >= 4 is 12.8 Å². The van der Waals surface area contributed by atoms with Crippen molar-refractivity contribution in [3.63, 3.8) is 0 Å². The van der Waals surface area contributed by atoms with Gasteiger partial charge in [0.15, 0.2) is 0 Å². The molecule has 0 aromatic rings. The van der Waals surface area contributed by atoms with Crippen molar-refractivity contribution < 1.29 is 22.7 Å². The maximum Gasteiger partial charge on any atom is 0.433 e. The number of amides is 1. The fourth-order valence-corrected chi connectivity index (χ4v) is 1.00. The number of hydrogen-bond acceptors (Lipinski definition) is 4. The number of carbonyl (C=O) groups is 1. The molecule has 0 fully saturated rings. The predicted molar refractivity (Wildman–Crippen MR) is 69.9 cm³/mol. The highest BCUT2D eigenvalue weighted by Gasteiger charge is 2.33. The zero-order valence-electron chi connectivity index (χ0n) is 11.8. The van der Waals surface area contributed by atoms with Crippen LogP contribution < -0.4 is 11.1 Å². The summed E-state index contributed by atoms with van der Waals surface area (Å²) in [5.41, 5.74) is 3.19. The van der Waals surface area contributed by atoms with Crippen LogP contribution in [0.15, 0.2) is 28.2 Å². The van der Waals surface area contributed by atoms with Crippen molar-refractivity contribution in [1.29, 1.82) is 0 Å². The van der Waals surface area contributed by atoms with Crippen LogP contribution >= 0.6 is 0 Å². The molecule has 0 aromatic carbocycles. The highest BCUT2D eigenvalue weighted by atomic mass is 19.4. The van der Waals surface area contributed by atoms with Crippen molar-refractivity contribution in [3.8, 4) is 0 Å². The second kappa shape index (κ2) is 6.44. The molecule has 5 nitrogen and oxygen atoms in total. The van der Waals surface area contributed by atoms with Gasteiger partial charge in [-0.05, 0) is 40.5 Å². The molecule has 0 rings (SSSR count). The molecule has 0 aliphatic rings. The van der Waals surface area contributed by atoms with Gasteiger partial charge >= 0.3 is 12.3 Å². The maximum absolute atomic E-state index is 12.4. The minimum atomic E-state index is -4.67. The summed E-state index contributed by atoms with van der Waals surface area (Å²) in [5.74, 6) is 0. The maximum atomic E-state index is 12.4. The Morgan fingerprint density at radius 2 is 1.85 bits per heavy atom. The van der Waals surface area contributed by atoms with Crippen LogP contribution in [0.1, 0.15) is 27.7 Å². The smallest absolute Gasteiger partial charge is 0.433 e. The molecule has 0 saturated carbocycles. The molecule has 1 amide bonds. The molecule has 0 unspecified atom stereocenters. The summed E-state index contributed by atoms with van der Waals surface area (Å²) in [4.78, 5) is 14.3. The summed E-state index contributed by atoms with van der Waals surface area (Å²) in [6.07, 6.45) is -4.90. The van der Waals surface area contributed by atoms with Gasteiger partial charge in [-0.1, -0.05) is 0 Å². The highest BCUT2D eigenvalue weighted by Crippen LogP contribution is 2.26. The number of allylic oxidation sites excluding steroid dienone is 3. The molecule has 114 valence electrons. The van der Waals surface area contributed by atoms with Crippen LogP contribution in [0.5, 0.6) is 0 Å². The zero-order chi connectivity index (χ0) is 16.1. The molecule has 0 bridgehead atoms. The standard InChI is InChI=1S/C12H18F3N3O2/c1-7(18-10(19)20-11(2,3)4)8(16)6-9(17-5)12(13,14)15/h6H,5,16H2,1-4H3,(H,18,19)/b8-7-,9-6-. The van der Waals surface area contributed by atoms with Crippen molar-refractivity contribution in [2.45, 2.75) is 39.5 Å². The molecule has 0 saturated heterocycles. The molecule has 0 radical (unpaired) electrons. The highest BCUT2D eigenvalue weighted by molar-refractivity contribution is 5.70. The number of nitrogens with two attached hydrogens (primary N) is 1. The number of aliphatic imine (C=N–C) groups is 1. The number of alkyl carbamates (subject to hydrolysis) is 1. The number of carbonyl (C=O) groups excluding carboxylic acids is 1. The van der Waals surface area contributed by atoms with E-state index in [0.29, 0.717) is 6.08 Å². The summed E-state index contributed by atoms with van der Waals surface area (Å²) < 4.78 is 42.2. The van der Waals surface area contributed by atoms with Gasteiger partial charge in [0.1, 0.15) is 11.3 Å². The molecule has 0 aliphatic heterocycles. The van der Waals surface area contributed by atoms with Crippen LogP contribution in [-0.2, 0) is 4.74 Å². The number of halogens is 3. The van der Waals surface area contributed by atoms with Crippen LogP contribution in [0.25, 0.3) is 0 Å². The van der Waals surface area contributed by atoms with Crippen LogP contribution in [-0.4, -0.2) is 24.6 Å². The Balaban J connectivity index is 5.05. The number of ether oxygens (including phenoxy) is 1. The molecule has 0 aromatic heterocycles. The van der Waals surface area contributed by atoms with E-state index >= 15 is 0 Å². The number of hydrogen-bond donors (Lipinski definition) is 2. The van der Waals surface area contributed by atoms with E-state index in [9.17, 15) is 18.0 Å². The Hall–Kier alpha value is -1.99. The van der Waals surface area contributed by atoms with Crippen LogP contribution in [0.2, 0.25) is 0 Å². The molecule has 20 heavy (non-hydrogen) atoms. The first-order valence-electron chi connectivity index (χ1n) is 5.59. The van der Waals surface area contributed by atoms with Gasteiger partial charge in [0.05, 0.1) is 5.70 Å². The third kappa shape index (κ3) is 6.81. The summed E-state index contributed by atoms with van der Waals surface area (Å²) in [6, 6.07) is 0. The first-order chi connectivity index (χ1) is 8.86. The van der Waals surface area contributed by atoms with Crippen LogP contribution in [0.3, 0.4) is 0 Å². The van der Waals surface area contributed by atoms with Gasteiger partial charge in [0.2, 0.25) is 0 Å². The average Bonchev–Trinajstić information content (AvgIpc) is 2.20. The van der Waals surface area contributed by atoms with Crippen molar-refractivity contribution in [3.05, 3.63) is 23.2 Å². The minimum Gasteiger partial charge on any atom is -0.444 e. The van der Waals surface area contributed by atoms with Crippen LogP contribution in [0, 0.1) is 0 Å². The lowest BCUT2D eigenvalue weighted by Gasteiger charge is -2.20. The molecule has 3 N–H and O–H groups in total. The first-order valence-corrected chi connectivity index (χ1v) is 5.59. The van der Waals surface area contributed by atoms with Gasteiger partial charge in [-0.3, -0.25) is 10.3 Å². The lowest BCUT2D eigenvalue weighted by Crippen LogP contribution is -2.32. The quantitative estimate of drug-likeness (QED) is 0.620. The van der Waals surface area contributed by atoms with E-state index in [1.165, 1.54) is 6.92 Å². The second-order valence-electron chi connectivity index (χ2n) is 4.89. The van der Waals surface area contributed by atoms with E-state index in [1.807, 2.05) is 0 Å². The Morgan fingerprint density at radius 1 is 1.35 bits per heavy atom. The fraction of sp³-hybridized carbons (Fsp3) is 0.500. The number of nitrogens with one attached hydrogen (secondary N) is 1. The van der Waals surface area contributed by atoms with Gasteiger partial charge in [-0.2, -0.15) is 13.2 Å². The van der Waals surface area contributed by atoms with Gasteiger partial charge in [0.25, 0.3) is 0 Å². The molecular weight excluding hydrogens is 275 g/mol. The monoisotopic (exact) mass is 293 g/mol. The SMILES string of the molecule is C=N/C(=C\C(N)=C(/C)NC(=O)OC(C)(C)C)C(F)(F)F. The minimum absolute atomic E-state index is 0.0182. The predicted octanol–water partition coefficient (Wildman–Crippen LogP) is 2.85. The van der Waals surface area contributed by atoms with E-state index in [2.05, 4.69) is 17.0 Å². The van der Waals surface area contributed by atoms with Gasteiger partial charge < -0.3 is 10.5 Å². The molecular formula is C12H18F3N3O2. The van der Waals surface area contributed by atoms with E-state index in [1.54, 1.807) is 20.8 Å². The van der Waals surface area contributed by atoms with Crippen molar-refractivity contribution in [2.24, 2.45) is 10.7 Å². The molecule has 0 heterocycles. The molecule has 8 heteroatoms. The van der Waals surface area contributed by atoms with Gasteiger partial charge in [-0.25, -0.2) is 4.79 Å². The van der Waals surface area contributed by atoms with Crippen molar-refractivity contribution in [2.75, 3.05) is 0 Å². The van der Waals surface area contributed by atoms with Gasteiger partial charge in [-0.15, -0.1) is 0 Å². The Kier molecular flexibility index (Phi) is 5.80. The molecule has 0 aliphatic carbocycles. The average molecular weight is 293 g/mol. The lowest BCUT2D eigenvalue weighted by molar-refractivity contribution is -0.0922. The molecule has 0 spiro atoms. The number of alkyl halides is 3. The van der Waals surface area contributed by atoms with E-state index in [4.69, 9.17) is 10.5 Å². The van der Waals surface area contributed by atoms with E-state index < -0.39 is 23.6 Å². The fourth-order valence-electron chi connectivity index (χ4n) is 1.00. The Labute approximate surface area is 115 Å². The first kappa shape index (κ1) is 18.0. The number of rotatable bonds is 3. The Bertz CT molecular complexity index is 446. The number of nitrogens with zero attached hydrogens (tertiary/aromatic N) is 1. The lowest BCUT2D eigenvalue weighted by atomic mass is 10.2. The summed E-state index contributed by atoms with van der Waals surface area (Å²) >= 11 is 0. The summed E-state index contributed by atoms with van der Waals surface area (Å²) in [6.45, 7) is 9.11. The topological polar surface area (TPSA) is 76.7 Å².